The Hall–Kier alpha value is -3.99. The lowest BCUT2D eigenvalue weighted by Crippen LogP contribution is -2.42. The molecular weight excluding hydrogens is 514 g/mol. The predicted molar refractivity (Wildman–Crippen MR) is 148 cm³/mol. The number of imidazole rings is 1. The van der Waals surface area contributed by atoms with Crippen molar-refractivity contribution in [3.8, 4) is 11.3 Å². The van der Waals surface area contributed by atoms with Gasteiger partial charge in [-0.05, 0) is 63.5 Å². The van der Waals surface area contributed by atoms with Crippen LogP contribution in [0.4, 0.5) is 20.5 Å². The first kappa shape index (κ1) is 26.2. The van der Waals surface area contributed by atoms with Gasteiger partial charge >= 0.3 is 0 Å². The highest BCUT2D eigenvalue weighted by Crippen LogP contribution is 2.40. The average molecular weight is 547 g/mol. The molecule has 1 aliphatic carbocycles. The lowest BCUT2D eigenvalue weighted by atomic mass is 10.1. The minimum absolute atomic E-state index is 0.000319. The van der Waals surface area contributed by atoms with E-state index in [1.807, 2.05) is 34.4 Å². The molecule has 0 saturated heterocycles. The van der Waals surface area contributed by atoms with Gasteiger partial charge in [-0.25, -0.2) is 28.7 Å². The number of nitrogens with zero attached hydrogens (tertiary/aromatic N) is 7. The molecular formula is C29H32F2N8O. The Kier molecular flexibility index (Phi) is 6.91. The Morgan fingerprint density at radius 2 is 1.98 bits per heavy atom. The molecule has 0 radical (unpaired) electrons. The van der Waals surface area contributed by atoms with Crippen LogP contribution >= 0.6 is 0 Å². The monoisotopic (exact) mass is 546 g/mol. The van der Waals surface area contributed by atoms with Crippen molar-refractivity contribution in [3.63, 3.8) is 0 Å². The zero-order valence-electron chi connectivity index (χ0n) is 22.9. The van der Waals surface area contributed by atoms with Gasteiger partial charge in [0.25, 0.3) is 0 Å². The third kappa shape index (κ3) is 5.13. The van der Waals surface area contributed by atoms with Gasteiger partial charge in [0, 0.05) is 36.8 Å². The fraction of sp³-hybridized carbons (Fsp3) is 0.414. The third-order valence-corrected chi connectivity index (χ3v) is 7.51. The number of nitrogens with one attached hydrogen (secondary N) is 1. The summed E-state index contributed by atoms with van der Waals surface area (Å²) < 4.78 is 32.0. The van der Waals surface area contributed by atoms with Crippen LogP contribution in [0, 0.1) is 18.6 Å². The summed E-state index contributed by atoms with van der Waals surface area (Å²) >= 11 is 0. The van der Waals surface area contributed by atoms with Gasteiger partial charge in [-0.3, -0.25) is 9.69 Å². The van der Waals surface area contributed by atoms with Crippen molar-refractivity contribution in [2.75, 3.05) is 32.0 Å². The van der Waals surface area contributed by atoms with Crippen LogP contribution in [0.3, 0.4) is 0 Å². The normalized spacial score (nSPS) is 15.1. The SMILES string of the molecule is CCCN(C)CC(=O)N1CCc2nc(Nc3ncc(F)c(-c4cc(F)c5nc(C)n(C6CC6)c5c4)n3)ccc2C1. The van der Waals surface area contributed by atoms with Crippen molar-refractivity contribution in [2.24, 2.45) is 0 Å². The molecule has 1 fully saturated rings. The van der Waals surface area contributed by atoms with Gasteiger partial charge < -0.3 is 14.8 Å². The van der Waals surface area contributed by atoms with Gasteiger partial charge in [-0.15, -0.1) is 0 Å². The van der Waals surface area contributed by atoms with Crippen LogP contribution < -0.4 is 5.32 Å². The number of hydrogen-bond acceptors (Lipinski definition) is 7. The fourth-order valence-corrected chi connectivity index (χ4v) is 5.43. The standard InChI is InChI=1S/C29H32F2N8O/c1-4-10-37(3)16-26(40)38-11-9-23-18(15-38)5-8-25(34-23)35-29-32-14-22(31)27(36-29)19-12-21(30)28-24(13-19)39(17(2)33-28)20-6-7-20/h5,8,12-14,20H,4,6-7,9-11,15-16H2,1-3H3,(H,32,34,35,36). The quantitative estimate of drug-likeness (QED) is 0.340. The van der Waals surface area contributed by atoms with Crippen LogP contribution in [-0.2, 0) is 17.8 Å². The van der Waals surface area contributed by atoms with E-state index in [0.29, 0.717) is 49.0 Å². The number of likely N-dealkylation sites (N-methyl/N-ethyl adjacent to an activating group) is 1. The minimum Gasteiger partial charge on any atom is -0.337 e. The Labute approximate surface area is 231 Å². The van der Waals surface area contributed by atoms with Gasteiger partial charge in [0.1, 0.15) is 22.9 Å². The Morgan fingerprint density at radius 1 is 1.15 bits per heavy atom. The van der Waals surface area contributed by atoms with Crippen molar-refractivity contribution >= 4 is 28.7 Å². The Morgan fingerprint density at radius 3 is 2.75 bits per heavy atom. The number of anilines is 2. The second-order valence-electron chi connectivity index (χ2n) is 10.7. The molecule has 4 heterocycles. The topological polar surface area (TPSA) is 92.1 Å². The van der Waals surface area contributed by atoms with Gasteiger partial charge in [0.05, 0.1) is 18.3 Å². The number of halogens is 2. The van der Waals surface area contributed by atoms with Crippen LogP contribution in [0.2, 0.25) is 0 Å². The molecule has 0 spiro atoms. The second-order valence-corrected chi connectivity index (χ2v) is 10.7. The number of fused-ring (bicyclic) bond motifs is 2. The van der Waals surface area contributed by atoms with E-state index in [0.717, 1.165) is 49.1 Å². The summed E-state index contributed by atoms with van der Waals surface area (Å²) in [5.41, 5.74) is 3.14. The molecule has 0 unspecified atom stereocenters. The number of rotatable bonds is 8. The Balaban J connectivity index is 1.22. The highest BCUT2D eigenvalue weighted by molar-refractivity contribution is 5.83. The highest BCUT2D eigenvalue weighted by Gasteiger charge is 2.28. The fourth-order valence-electron chi connectivity index (χ4n) is 5.43. The molecule has 1 aliphatic heterocycles. The minimum atomic E-state index is -0.647. The first-order chi connectivity index (χ1) is 19.3. The number of carbonyl (C=O) groups excluding carboxylic acids is 1. The molecule has 1 aromatic carbocycles. The zero-order chi connectivity index (χ0) is 28.0. The van der Waals surface area contributed by atoms with E-state index in [9.17, 15) is 9.18 Å². The van der Waals surface area contributed by atoms with E-state index < -0.39 is 11.6 Å². The number of carbonyl (C=O) groups is 1. The highest BCUT2D eigenvalue weighted by atomic mass is 19.1. The molecule has 3 aromatic heterocycles. The molecule has 11 heteroatoms. The van der Waals surface area contributed by atoms with E-state index >= 15 is 4.39 Å². The van der Waals surface area contributed by atoms with Gasteiger partial charge in [0.2, 0.25) is 11.9 Å². The van der Waals surface area contributed by atoms with Crippen LogP contribution in [0.15, 0.2) is 30.5 Å². The summed E-state index contributed by atoms with van der Waals surface area (Å²) in [6, 6.07) is 7.05. The molecule has 1 amide bonds. The molecule has 1 N–H and O–H groups in total. The van der Waals surface area contributed by atoms with Crippen LogP contribution in [0.25, 0.3) is 22.3 Å². The van der Waals surface area contributed by atoms with E-state index in [4.69, 9.17) is 4.98 Å². The van der Waals surface area contributed by atoms with Gasteiger partial charge in [0.15, 0.2) is 11.6 Å². The molecule has 40 heavy (non-hydrogen) atoms. The lowest BCUT2D eigenvalue weighted by Gasteiger charge is -2.30. The molecule has 0 bridgehead atoms. The van der Waals surface area contributed by atoms with E-state index in [1.54, 1.807) is 12.1 Å². The number of aromatic nitrogens is 5. The largest absolute Gasteiger partial charge is 0.337 e. The van der Waals surface area contributed by atoms with Gasteiger partial charge in [-0.2, -0.15) is 0 Å². The van der Waals surface area contributed by atoms with Crippen LogP contribution in [0.5, 0.6) is 0 Å². The third-order valence-electron chi connectivity index (χ3n) is 7.51. The van der Waals surface area contributed by atoms with E-state index in [-0.39, 0.29) is 23.1 Å². The number of hydrogen-bond donors (Lipinski definition) is 1. The summed E-state index contributed by atoms with van der Waals surface area (Å²) in [6.45, 7) is 6.36. The Bertz CT molecular complexity index is 1600. The summed E-state index contributed by atoms with van der Waals surface area (Å²) in [6.07, 6.45) is 4.76. The maximum Gasteiger partial charge on any atom is 0.237 e. The maximum absolute atomic E-state index is 15.0. The molecule has 1 saturated carbocycles. The summed E-state index contributed by atoms with van der Waals surface area (Å²) in [5.74, 6) is 0.371. The smallest absolute Gasteiger partial charge is 0.237 e. The molecule has 4 aromatic rings. The van der Waals surface area contributed by atoms with Crippen molar-refractivity contribution in [1.82, 2.24) is 34.3 Å². The average Bonchev–Trinajstić information content (AvgIpc) is 3.70. The molecule has 0 atom stereocenters. The number of benzene rings is 1. The number of aryl methyl sites for hydroxylation is 1. The summed E-state index contributed by atoms with van der Waals surface area (Å²) in [5, 5.41) is 3.06. The number of pyridine rings is 1. The van der Waals surface area contributed by atoms with Crippen molar-refractivity contribution in [3.05, 3.63) is 59.2 Å². The van der Waals surface area contributed by atoms with Crippen LogP contribution in [0.1, 0.15) is 49.3 Å². The molecule has 9 nitrogen and oxygen atoms in total. The summed E-state index contributed by atoms with van der Waals surface area (Å²) in [4.78, 5) is 34.2. The van der Waals surface area contributed by atoms with Gasteiger partial charge in [-0.1, -0.05) is 13.0 Å². The predicted octanol–water partition coefficient (Wildman–Crippen LogP) is 4.78. The summed E-state index contributed by atoms with van der Waals surface area (Å²) in [7, 11) is 1.96. The number of amides is 1. The molecule has 6 rings (SSSR count). The van der Waals surface area contributed by atoms with Crippen LogP contribution in [-0.4, -0.2) is 66.9 Å². The first-order valence-corrected chi connectivity index (χ1v) is 13.7. The second kappa shape index (κ2) is 10.5. The van der Waals surface area contributed by atoms with Crippen molar-refractivity contribution in [1.29, 1.82) is 0 Å². The van der Waals surface area contributed by atoms with Crippen molar-refractivity contribution < 1.29 is 13.6 Å². The lowest BCUT2D eigenvalue weighted by molar-refractivity contribution is -0.133. The first-order valence-electron chi connectivity index (χ1n) is 13.7. The maximum atomic E-state index is 15.0. The zero-order valence-corrected chi connectivity index (χ0v) is 22.9. The van der Waals surface area contributed by atoms with Crippen molar-refractivity contribution in [2.45, 2.75) is 52.1 Å². The van der Waals surface area contributed by atoms with E-state index in [1.165, 1.54) is 6.07 Å². The van der Waals surface area contributed by atoms with E-state index in [2.05, 4.69) is 27.2 Å². The molecule has 2 aliphatic rings. The molecule has 208 valence electrons.